The predicted molar refractivity (Wildman–Crippen MR) is 137 cm³/mol. The summed E-state index contributed by atoms with van der Waals surface area (Å²) in [4.78, 5) is 16.8. The molecule has 2 aromatic heterocycles. The molecule has 5 nitrogen and oxygen atoms in total. The Bertz CT molecular complexity index is 1340. The van der Waals surface area contributed by atoms with Crippen LogP contribution >= 0.6 is 46.8 Å². The van der Waals surface area contributed by atoms with E-state index < -0.39 is 5.91 Å². The summed E-state index contributed by atoms with van der Waals surface area (Å²) < 4.78 is 6.84. The van der Waals surface area contributed by atoms with Crippen molar-refractivity contribution in [2.24, 2.45) is 0 Å². The highest BCUT2D eigenvalue weighted by atomic mass is 35.5. The summed E-state index contributed by atoms with van der Waals surface area (Å²) in [7, 11) is 0. The van der Waals surface area contributed by atoms with Gasteiger partial charge in [-0.3, -0.25) is 10.1 Å². The standard InChI is InChI=1S/C23H17Cl2N3O2S2/c1-12-3-4-13(2)21-20(12)27-23(32-21)28-22(31)26-19(29)10-7-15-6-9-18(30-15)16-8-5-14(24)11-17(16)25/h3-11H,1-2H3,(H2,26,27,28,29,31)/b10-7+. The maximum absolute atomic E-state index is 12.2. The summed E-state index contributed by atoms with van der Waals surface area (Å²) in [5.74, 6) is 0.681. The van der Waals surface area contributed by atoms with Gasteiger partial charge in [-0.25, -0.2) is 4.98 Å². The SMILES string of the molecule is Cc1ccc(C)c2sc(NC(=S)NC(=O)/C=C/c3ccc(-c4ccc(Cl)cc4Cl)o3)nc12. The van der Waals surface area contributed by atoms with Crippen molar-refractivity contribution in [3.05, 3.63) is 75.5 Å². The first-order chi connectivity index (χ1) is 15.3. The van der Waals surface area contributed by atoms with Crippen molar-refractivity contribution in [2.45, 2.75) is 13.8 Å². The van der Waals surface area contributed by atoms with Crippen molar-refractivity contribution in [3.8, 4) is 11.3 Å². The Labute approximate surface area is 204 Å². The van der Waals surface area contributed by atoms with Gasteiger partial charge in [0, 0.05) is 16.7 Å². The molecule has 162 valence electrons. The number of furan rings is 1. The number of benzene rings is 2. The van der Waals surface area contributed by atoms with Crippen molar-refractivity contribution < 1.29 is 9.21 Å². The molecular formula is C23H17Cl2N3O2S2. The van der Waals surface area contributed by atoms with E-state index in [0.29, 0.717) is 32.3 Å². The summed E-state index contributed by atoms with van der Waals surface area (Å²) in [6.07, 6.45) is 2.89. The first-order valence-electron chi connectivity index (χ1n) is 9.52. The molecule has 2 heterocycles. The zero-order valence-electron chi connectivity index (χ0n) is 17.0. The number of amides is 1. The quantitative estimate of drug-likeness (QED) is 0.232. The van der Waals surface area contributed by atoms with Crippen LogP contribution in [0.3, 0.4) is 0 Å². The third-order valence-corrected chi connectivity index (χ3v) is 6.48. The highest BCUT2D eigenvalue weighted by molar-refractivity contribution is 7.80. The van der Waals surface area contributed by atoms with Crippen molar-refractivity contribution in [2.75, 3.05) is 5.32 Å². The van der Waals surface area contributed by atoms with Crippen LogP contribution in [-0.2, 0) is 4.79 Å². The van der Waals surface area contributed by atoms with Crippen molar-refractivity contribution >= 4 is 79.2 Å². The van der Waals surface area contributed by atoms with E-state index in [1.807, 2.05) is 19.9 Å². The lowest BCUT2D eigenvalue weighted by Gasteiger charge is -2.04. The number of carbonyl (C=O) groups is 1. The second-order valence-electron chi connectivity index (χ2n) is 7.00. The number of thiocarbonyl (C=S) groups is 1. The van der Waals surface area contributed by atoms with Gasteiger partial charge in [0.25, 0.3) is 0 Å². The first-order valence-corrected chi connectivity index (χ1v) is 11.5. The average molecular weight is 502 g/mol. The summed E-state index contributed by atoms with van der Waals surface area (Å²) >= 11 is 18.9. The minimum atomic E-state index is -0.390. The molecule has 0 atom stereocenters. The average Bonchev–Trinajstić information content (AvgIpc) is 3.37. The molecule has 0 saturated carbocycles. The maximum atomic E-state index is 12.2. The molecule has 4 rings (SSSR count). The van der Waals surface area contributed by atoms with Crippen LogP contribution in [0.25, 0.3) is 27.6 Å². The number of nitrogens with one attached hydrogen (secondary N) is 2. The van der Waals surface area contributed by atoms with Crippen LogP contribution in [0.4, 0.5) is 5.13 Å². The summed E-state index contributed by atoms with van der Waals surface area (Å²) in [5, 5.41) is 7.41. The molecule has 2 aromatic carbocycles. The Hall–Kier alpha value is -2.71. The Kier molecular flexibility index (Phi) is 6.62. The number of nitrogens with zero attached hydrogens (tertiary/aromatic N) is 1. The normalized spacial score (nSPS) is 11.2. The molecule has 0 saturated heterocycles. The Morgan fingerprint density at radius 3 is 2.66 bits per heavy atom. The van der Waals surface area contributed by atoms with Crippen LogP contribution in [-0.4, -0.2) is 16.0 Å². The van der Waals surface area contributed by atoms with Crippen LogP contribution < -0.4 is 10.6 Å². The Morgan fingerprint density at radius 1 is 1.12 bits per heavy atom. The predicted octanol–water partition coefficient (Wildman–Crippen LogP) is 7.01. The molecule has 32 heavy (non-hydrogen) atoms. The van der Waals surface area contributed by atoms with Gasteiger partial charge < -0.3 is 9.73 Å². The molecule has 2 N–H and O–H groups in total. The molecule has 0 unspecified atom stereocenters. The van der Waals surface area contributed by atoms with Gasteiger partial charge in [-0.1, -0.05) is 46.7 Å². The van der Waals surface area contributed by atoms with E-state index in [0.717, 1.165) is 21.3 Å². The number of thiazole rings is 1. The number of hydrogen-bond donors (Lipinski definition) is 2. The number of hydrogen-bond acceptors (Lipinski definition) is 5. The maximum Gasteiger partial charge on any atom is 0.250 e. The van der Waals surface area contributed by atoms with Crippen LogP contribution in [0.1, 0.15) is 16.9 Å². The van der Waals surface area contributed by atoms with Gasteiger partial charge >= 0.3 is 0 Å². The molecule has 0 fully saturated rings. The fourth-order valence-corrected chi connectivity index (χ4v) is 4.81. The third kappa shape index (κ3) is 5.02. The van der Waals surface area contributed by atoms with E-state index in [1.165, 1.54) is 17.4 Å². The molecule has 0 aliphatic heterocycles. The molecule has 0 aliphatic rings. The van der Waals surface area contributed by atoms with E-state index >= 15 is 0 Å². The molecule has 9 heteroatoms. The molecular weight excluding hydrogens is 485 g/mol. The second kappa shape index (κ2) is 9.42. The third-order valence-electron chi connectivity index (χ3n) is 4.62. The second-order valence-corrected chi connectivity index (χ2v) is 9.25. The van der Waals surface area contributed by atoms with Crippen LogP contribution in [0, 0.1) is 13.8 Å². The van der Waals surface area contributed by atoms with Gasteiger partial charge in [-0.2, -0.15) is 0 Å². The minimum Gasteiger partial charge on any atom is -0.457 e. The number of aromatic nitrogens is 1. The van der Waals surface area contributed by atoms with E-state index in [1.54, 1.807) is 36.4 Å². The fourth-order valence-electron chi connectivity index (χ4n) is 3.03. The highest BCUT2D eigenvalue weighted by Gasteiger charge is 2.11. The van der Waals surface area contributed by atoms with Crippen molar-refractivity contribution in [1.29, 1.82) is 0 Å². The molecule has 0 aliphatic carbocycles. The lowest BCUT2D eigenvalue weighted by atomic mass is 10.1. The minimum absolute atomic E-state index is 0.169. The lowest BCUT2D eigenvalue weighted by Crippen LogP contribution is -2.32. The number of rotatable bonds is 4. The van der Waals surface area contributed by atoms with Crippen molar-refractivity contribution in [3.63, 3.8) is 0 Å². The Balaban J connectivity index is 1.38. The number of carbonyl (C=O) groups excluding carboxylic acids is 1. The van der Waals surface area contributed by atoms with E-state index in [9.17, 15) is 4.79 Å². The number of halogens is 2. The topological polar surface area (TPSA) is 67.2 Å². The van der Waals surface area contributed by atoms with E-state index in [4.69, 9.17) is 39.8 Å². The number of aryl methyl sites for hydroxylation is 2. The van der Waals surface area contributed by atoms with E-state index in [2.05, 4.69) is 21.7 Å². The van der Waals surface area contributed by atoms with Crippen LogP contribution in [0.15, 0.2) is 53.0 Å². The molecule has 1 amide bonds. The number of fused-ring (bicyclic) bond motifs is 1. The summed E-state index contributed by atoms with van der Waals surface area (Å²) in [6, 6.07) is 12.8. The van der Waals surface area contributed by atoms with Gasteiger partial charge in [0.1, 0.15) is 11.5 Å². The van der Waals surface area contributed by atoms with Gasteiger partial charge in [0.15, 0.2) is 10.2 Å². The molecule has 0 spiro atoms. The molecule has 0 bridgehead atoms. The summed E-state index contributed by atoms with van der Waals surface area (Å²) in [6.45, 7) is 4.05. The first kappa shape index (κ1) is 22.5. The molecule has 0 radical (unpaired) electrons. The lowest BCUT2D eigenvalue weighted by molar-refractivity contribution is -0.115. The van der Waals surface area contributed by atoms with E-state index in [-0.39, 0.29) is 5.11 Å². The smallest absolute Gasteiger partial charge is 0.250 e. The van der Waals surface area contributed by atoms with Gasteiger partial charge in [-0.05, 0) is 73.6 Å². The zero-order chi connectivity index (χ0) is 22.8. The highest BCUT2D eigenvalue weighted by Crippen LogP contribution is 2.32. The number of anilines is 1. The van der Waals surface area contributed by atoms with Crippen LogP contribution in [0.2, 0.25) is 10.0 Å². The molecule has 4 aromatic rings. The van der Waals surface area contributed by atoms with Gasteiger partial charge in [0.05, 0.1) is 15.2 Å². The van der Waals surface area contributed by atoms with Crippen molar-refractivity contribution in [1.82, 2.24) is 10.3 Å². The Morgan fingerprint density at radius 2 is 1.91 bits per heavy atom. The van der Waals surface area contributed by atoms with Gasteiger partial charge in [-0.15, -0.1) is 0 Å². The van der Waals surface area contributed by atoms with Gasteiger partial charge in [0.2, 0.25) is 5.91 Å². The summed E-state index contributed by atoms with van der Waals surface area (Å²) in [5.41, 5.74) is 3.88. The van der Waals surface area contributed by atoms with Crippen LogP contribution in [0.5, 0.6) is 0 Å². The monoisotopic (exact) mass is 501 g/mol. The largest absolute Gasteiger partial charge is 0.457 e. The zero-order valence-corrected chi connectivity index (χ0v) is 20.2. The fraction of sp³-hybridized carbons (Fsp3) is 0.0870.